The zero-order valence-corrected chi connectivity index (χ0v) is 23.6. The maximum Gasteiger partial charge on any atom is 0.263 e. The Morgan fingerprint density at radius 2 is 1.74 bits per heavy atom. The number of aryl methyl sites for hydroxylation is 2. The molecular formula is C28H33N5O5S. The van der Waals surface area contributed by atoms with Gasteiger partial charge < -0.3 is 19.3 Å². The van der Waals surface area contributed by atoms with Gasteiger partial charge >= 0.3 is 0 Å². The van der Waals surface area contributed by atoms with Crippen molar-refractivity contribution < 1.29 is 22.4 Å². The molecule has 0 unspecified atom stereocenters. The fourth-order valence-electron chi connectivity index (χ4n) is 4.02. The highest BCUT2D eigenvalue weighted by Crippen LogP contribution is 2.33. The number of hydrogen-bond donors (Lipinski definition) is 2. The molecule has 10 nitrogen and oxygen atoms in total. The predicted octanol–water partition coefficient (Wildman–Crippen LogP) is 5.40. The van der Waals surface area contributed by atoms with E-state index in [1.165, 1.54) is 0 Å². The molecule has 0 amide bonds. The zero-order valence-electron chi connectivity index (χ0n) is 22.7. The molecule has 0 aliphatic carbocycles. The molecule has 2 N–H and O–H groups in total. The molecule has 2 heterocycles. The lowest BCUT2D eigenvalue weighted by Gasteiger charge is -2.16. The van der Waals surface area contributed by atoms with Gasteiger partial charge in [0, 0.05) is 30.3 Å². The molecule has 0 saturated carbocycles. The standard InChI is InChI=1S/C28H33N5O5S/c1-6-36-17-22-14-21(16-29-26-15-27(37-7-2)31-20(5)30-26)12-13-23(22)24-10-8-9-11-25(24)39(34,35)33-28-18(3)19(4)38-32-28/h8-15H,6-7,16-17H2,1-5H3,(H,32,33)(H,29,30,31). The lowest BCUT2D eigenvalue weighted by atomic mass is 9.97. The zero-order chi connectivity index (χ0) is 28.0. The van der Waals surface area contributed by atoms with E-state index in [9.17, 15) is 8.42 Å². The molecule has 0 aliphatic rings. The van der Waals surface area contributed by atoms with Gasteiger partial charge in [0.05, 0.1) is 18.1 Å². The normalized spacial score (nSPS) is 11.4. The van der Waals surface area contributed by atoms with Crippen LogP contribution in [0.5, 0.6) is 5.88 Å². The second kappa shape index (κ2) is 12.3. The third-order valence-corrected chi connectivity index (χ3v) is 7.46. The van der Waals surface area contributed by atoms with Gasteiger partial charge in [0.1, 0.15) is 17.4 Å². The van der Waals surface area contributed by atoms with Gasteiger partial charge in [0.2, 0.25) is 5.88 Å². The number of benzene rings is 2. The lowest BCUT2D eigenvalue weighted by Crippen LogP contribution is -2.15. The van der Waals surface area contributed by atoms with E-state index in [0.717, 1.165) is 16.7 Å². The molecule has 2 aromatic carbocycles. The Hall–Kier alpha value is -3.96. The Morgan fingerprint density at radius 3 is 2.46 bits per heavy atom. The summed E-state index contributed by atoms with van der Waals surface area (Å²) in [7, 11) is -3.96. The molecule has 0 fully saturated rings. The van der Waals surface area contributed by atoms with Gasteiger partial charge in [-0.3, -0.25) is 4.72 Å². The van der Waals surface area contributed by atoms with Crippen LogP contribution in [-0.4, -0.2) is 36.8 Å². The average molecular weight is 552 g/mol. The average Bonchev–Trinajstić information content (AvgIpc) is 3.22. The quantitative estimate of drug-likeness (QED) is 0.238. The summed E-state index contributed by atoms with van der Waals surface area (Å²) >= 11 is 0. The van der Waals surface area contributed by atoms with Crippen LogP contribution in [0.25, 0.3) is 11.1 Å². The second-order valence-corrected chi connectivity index (χ2v) is 10.5. The van der Waals surface area contributed by atoms with E-state index in [1.807, 2.05) is 45.0 Å². The molecule has 0 aliphatic heterocycles. The topological polar surface area (TPSA) is 128 Å². The van der Waals surface area contributed by atoms with Crippen molar-refractivity contribution in [3.05, 3.63) is 76.8 Å². The van der Waals surface area contributed by atoms with E-state index in [2.05, 4.69) is 25.2 Å². The molecule has 0 radical (unpaired) electrons. The summed E-state index contributed by atoms with van der Waals surface area (Å²) in [6.07, 6.45) is 0. The van der Waals surface area contributed by atoms with E-state index < -0.39 is 10.0 Å². The molecule has 39 heavy (non-hydrogen) atoms. The Balaban J connectivity index is 1.65. The molecule has 4 aromatic rings. The monoisotopic (exact) mass is 551 g/mol. The number of sulfonamides is 1. The number of aromatic nitrogens is 3. The number of anilines is 2. The SMILES string of the molecule is CCOCc1cc(CNc2cc(OCC)nc(C)n2)ccc1-c1ccccc1S(=O)(=O)Nc1noc(C)c1C. The first-order valence-corrected chi connectivity index (χ1v) is 14.2. The van der Waals surface area contributed by atoms with E-state index in [0.29, 0.717) is 60.8 Å². The second-order valence-electron chi connectivity index (χ2n) is 8.87. The van der Waals surface area contributed by atoms with E-state index in [-0.39, 0.29) is 10.7 Å². The van der Waals surface area contributed by atoms with Crippen LogP contribution in [0.2, 0.25) is 0 Å². The molecule has 206 valence electrons. The Kier molecular flexibility index (Phi) is 8.82. The largest absolute Gasteiger partial charge is 0.478 e. The van der Waals surface area contributed by atoms with Crippen molar-refractivity contribution in [3.8, 4) is 17.0 Å². The lowest BCUT2D eigenvalue weighted by molar-refractivity contribution is 0.134. The minimum atomic E-state index is -3.96. The van der Waals surface area contributed by atoms with Gasteiger partial charge in [0.15, 0.2) is 5.82 Å². The highest BCUT2D eigenvalue weighted by atomic mass is 32.2. The number of rotatable bonds is 12. The molecule has 0 bridgehead atoms. The number of nitrogens with zero attached hydrogens (tertiary/aromatic N) is 3. The van der Waals surface area contributed by atoms with Crippen molar-refractivity contribution in [2.75, 3.05) is 23.3 Å². The fourth-order valence-corrected chi connectivity index (χ4v) is 5.30. The minimum Gasteiger partial charge on any atom is -0.478 e. The smallest absolute Gasteiger partial charge is 0.263 e. The first-order valence-electron chi connectivity index (χ1n) is 12.7. The Morgan fingerprint density at radius 1 is 0.949 bits per heavy atom. The minimum absolute atomic E-state index is 0.133. The molecule has 0 atom stereocenters. The van der Waals surface area contributed by atoms with Gasteiger partial charge in [-0.05, 0) is 57.4 Å². The summed E-state index contributed by atoms with van der Waals surface area (Å²) in [5.41, 5.74) is 3.80. The van der Waals surface area contributed by atoms with Crippen molar-refractivity contribution >= 4 is 21.7 Å². The van der Waals surface area contributed by atoms with E-state index in [1.54, 1.807) is 38.1 Å². The summed E-state index contributed by atoms with van der Waals surface area (Å²) in [5, 5.41) is 7.18. The highest BCUT2D eigenvalue weighted by molar-refractivity contribution is 7.92. The third kappa shape index (κ3) is 6.73. The van der Waals surface area contributed by atoms with Gasteiger partial charge in [-0.2, -0.15) is 4.98 Å². The van der Waals surface area contributed by atoms with E-state index >= 15 is 0 Å². The first kappa shape index (κ1) is 28.1. The van der Waals surface area contributed by atoms with Crippen LogP contribution in [0.15, 0.2) is 57.9 Å². The molecule has 2 aromatic heterocycles. The van der Waals surface area contributed by atoms with Crippen LogP contribution in [0.1, 0.15) is 42.1 Å². The molecular weight excluding hydrogens is 518 g/mol. The Bertz CT molecular complexity index is 1550. The van der Waals surface area contributed by atoms with Gasteiger partial charge in [-0.15, -0.1) is 0 Å². The van der Waals surface area contributed by atoms with Crippen molar-refractivity contribution in [2.24, 2.45) is 0 Å². The van der Waals surface area contributed by atoms with E-state index in [4.69, 9.17) is 14.0 Å². The van der Waals surface area contributed by atoms with Crippen molar-refractivity contribution in [3.63, 3.8) is 0 Å². The van der Waals surface area contributed by atoms with Crippen LogP contribution in [0.3, 0.4) is 0 Å². The maximum absolute atomic E-state index is 13.5. The van der Waals surface area contributed by atoms with Crippen molar-refractivity contribution in [2.45, 2.75) is 52.7 Å². The van der Waals surface area contributed by atoms with Crippen LogP contribution >= 0.6 is 0 Å². The molecule has 0 saturated heterocycles. The van der Waals surface area contributed by atoms with Gasteiger partial charge in [0.25, 0.3) is 10.0 Å². The number of nitrogens with one attached hydrogen (secondary N) is 2. The van der Waals surface area contributed by atoms with Crippen LogP contribution in [0, 0.1) is 20.8 Å². The molecule has 11 heteroatoms. The molecule has 4 rings (SSSR count). The maximum atomic E-state index is 13.5. The molecule has 0 spiro atoms. The van der Waals surface area contributed by atoms with Gasteiger partial charge in [-0.1, -0.05) is 41.6 Å². The van der Waals surface area contributed by atoms with Crippen molar-refractivity contribution in [1.82, 2.24) is 15.1 Å². The number of hydrogen-bond acceptors (Lipinski definition) is 9. The fraction of sp³-hybridized carbons (Fsp3) is 0.321. The highest BCUT2D eigenvalue weighted by Gasteiger charge is 2.23. The summed E-state index contributed by atoms with van der Waals surface area (Å²) in [4.78, 5) is 8.85. The van der Waals surface area contributed by atoms with Crippen molar-refractivity contribution in [1.29, 1.82) is 0 Å². The number of ether oxygens (including phenoxy) is 2. The van der Waals surface area contributed by atoms with Crippen LogP contribution in [0.4, 0.5) is 11.6 Å². The van der Waals surface area contributed by atoms with Crippen LogP contribution < -0.4 is 14.8 Å². The third-order valence-electron chi connectivity index (χ3n) is 6.07. The van der Waals surface area contributed by atoms with Gasteiger partial charge in [-0.25, -0.2) is 13.4 Å². The first-order chi connectivity index (χ1) is 18.7. The predicted molar refractivity (Wildman–Crippen MR) is 149 cm³/mol. The summed E-state index contributed by atoms with van der Waals surface area (Å²) < 4.78 is 45.9. The summed E-state index contributed by atoms with van der Waals surface area (Å²) in [6.45, 7) is 11.0. The summed E-state index contributed by atoms with van der Waals surface area (Å²) in [5.74, 6) is 2.50. The Labute approximate surface area is 228 Å². The summed E-state index contributed by atoms with van der Waals surface area (Å²) in [6, 6.07) is 14.5. The van der Waals surface area contributed by atoms with Crippen LogP contribution in [-0.2, 0) is 27.9 Å².